The van der Waals surface area contributed by atoms with Crippen LogP contribution in [-0.2, 0) is 6.42 Å². The SMILES string of the molecule is CN(C)C[C@H](Cc1cccc(Cl)c1)C(=O)c1cccc(O)c1. The third-order valence-electron chi connectivity index (χ3n) is 3.46. The van der Waals surface area contributed by atoms with Crippen molar-refractivity contribution in [3.63, 3.8) is 0 Å². The highest BCUT2D eigenvalue weighted by atomic mass is 35.5. The van der Waals surface area contributed by atoms with Gasteiger partial charge in [0.2, 0.25) is 0 Å². The highest BCUT2D eigenvalue weighted by molar-refractivity contribution is 6.30. The van der Waals surface area contributed by atoms with Crippen LogP contribution in [0.15, 0.2) is 48.5 Å². The lowest BCUT2D eigenvalue weighted by Gasteiger charge is -2.20. The Labute approximate surface area is 136 Å². The summed E-state index contributed by atoms with van der Waals surface area (Å²) >= 11 is 6.02. The average Bonchev–Trinajstić information content (AvgIpc) is 2.45. The topological polar surface area (TPSA) is 40.5 Å². The third kappa shape index (κ3) is 4.58. The number of benzene rings is 2. The Balaban J connectivity index is 2.23. The Bertz CT molecular complexity index is 655. The van der Waals surface area contributed by atoms with Gasteiger partial charge in [0, 0.05) is 23.0 Å². The van der Waals surface area contributed by atoms with Crippen molar-refractivity contribution >= 4 is 17.4 Å². The first-order chi connectivity index (χ1) is 10.5. The van der Waals surface area contributed by atoms with Crippen molar-refractivity contribution in [1.82, 2.24) is 4.90 Å². The number of aromatic hydroxyl groups is 1. The fourth-order valence-electron chi connectivity index (χ4n) is 2.52. The fraction of sp³-hybridized carbons (Fsp3) is 0.278. The van der Waals surface area contributed by atoms with Crippen molar-refractivity contribution in [2.75, 3.05) is 20.6 Å². The zero-order valence-electron chi connectivity index (χ0n) is 12.8. The standard InChI is InChI=1S/C18H20ClNO2/c1-20(2)12-15(9-13-5-3-7-16(19)10-13)18(22)14-6-4-8-17(21)11-14/h3-8,10-11,15,21H,9,12H2,1-2H3/t15-/m0/s1. The molecule has 22 heavy (non-hydrogen) atoms. The first kappa shape index (κ1) is 16.5. The number of nitrogens with zero attached hydrogens (tertiary/aromatic N) is 1. The van der Waals surface area contributed by atoms with Gasteiger partial charge in [-0.1, -0.05) is 35.9 Å². The van der Waals surface area contributed by atoms with Crippen LogP contribution in [0.1, 0.15) is 15.9 Å². The van der Waals surface area contributed by atoms with Crippen molar-refractivity contribution in [3.05, 3.63) is 64.7 Å². The number of hydrogen-bond acceptors (Lipinski definition) is 3. The predicted octanol–water partition coefficient (Wildman–Crippen LogP) is 3.65. The van der Waals surface area contributed by atoms with E-state index >= 15 is 0 Å². The van der Waals surface area contributed by atoms with Crippen molar-refractivity contribution < 1.29 is 9.90 Å². The lowest BCUT2D eigenvalue weighted by Crippen LogP contribution is -2.29. The highest BCUT2D eigenvalue weighted by Gasteiger charge is 2.21. The van der Waals surface area contributed by atoms with Crippen LogP contribution in [0, 0.1) is 5.92 Å². The number of phenols is 1. The molecule has 3 nitrogen and oxygen atoms in total. The molecule has 2 aromatic carbocycles. The minimum atomic E-state index is -0.185. The van der Waals surface area contributed by atoms with Crippen molar-refractivity contribution in [2.24, 2.45) is 5.92 Å². The number of ketones is 1. The molecule has 0 bridgehead atoms. The monoisotopic (exact) mass is 317 g/mol. The molecule has 2 aromatic rings. The number of Topliss-reactive ketones (excluding diaryl/α,β-unsaturated/α-hetero) is 1. The summed E-state index contributed by atoms with van der Waals surface area (Å²) in [6, 6.07) is 14.1. The number of rotatable bonds is 6. The molecule has 116 valence electrons. The molecule has 0 saturated carbocycles. The molecule has 0 heterocycles. The Hall–Kier alpha value is -1.84. The van der Waals surface area contributed by atoms with Crippen molar-refractivity contribution in [3.8, 4) is 5.75 Å². The van der Waals surface area contributed by atoms with Gasteiger partial charge in [0.25, 0.3) is 0 Å². The van der Waals surface area contributed by atoms with E-state index < -0.39 is 0 Å². The fourth-order valence-corrected chi connectivity index (χ4v) is 2.74. The van der Waals surface area contributed by atoms with Crippen LogP contribution in [0.3, 0.4) is 0 Å². The summed E-state index contributed by atoms with van der Waals surface area (Å²) in [6.45, 7) is 0.640. The molecule has 0 radical (unpaired) electrons. The van der Waals surface area contributed by atoms with E-state index in [9.17, 15) is 9.90 Å². The number of hydrogen-bond donors (Lipinski definition) is 1. The molecule has 0 aromatic heterocycles. The second-order valence-corrected chi connectivity index (χ2v) is 6.14. The zero-order chi connectivity index (χ0) is 16.1. The van der Waals surface area contributed by atoms with Crippen LogP contribution in [0.4, 0.5) is 0 Å². The summed E-state index contributed by atoms with van der Waals surface area (Å²) in [4.78, 5) is 14.7. The van der Waals surface area contributed by atoms with E-state index in [0.717, 1.165) is 5.56 Å². The Morgan fingerprint density at radius 2 is 1.91 bits per heavy atom. The Morgan fingerprint density at radius 3 is 2.55 bits per heavy atom. The van der Waals surface area contributed by atoms with Gasteiger partial charge in [-0.2, -0.15) is 0 Å². The molecule has 0 aliphatic carbocycles. The molecule has 0 spiro atoms. The lowest BCUT2D eigenvalue weighted by atomic mass is 9.91. The van der Waals surface area contributed by atoms with Gasteiger partial charge in [-0.15, -0.1) is 0 Å². The van der Waals surface area contributed by atoms with Gasteiger partial charge in [-0.3, -0.25) is 4.79 Å². The summed E-state index contributed by atoms with van der Waals surface area (Å²) in [6.07, 6.45) is 0.618. The number of phenolic OH excluding ortho intramolecular Hbond substituents is 1. The maximum absolute atomic E-state index is 12.8. The van der Waals surface area contributed by atoms with E-state index in [0.29, 0.717) is 23.6 Å². The first-order valence-electron chi connectivity index (χ1n) is 7.18. The van der Waals surface area contributed by atoms with Crippen LogP contribution >= 0.6 is 11.6 Å². The van der Waals surface area contributed by atoms with Crippen LogP contribution in [-0.4, -0.2) is 36.4 Å². The first-order valence-corrected chi connectivity index (χ1v) is 7.56. The van der Waals surface area contributed by atoms with Gasteiger partial charge in [0.1, 0.15) is 5.75 Å². The maximum Gasteiger partial charge on any atom is 0.167 e. The summed E-state index contributed by atoms with van der Waals surface area (Å²) in [5, 5.41) is 10.2. The quantitative estimate of drug-likeness (QED) is 0.827. The van der Waals surface area contributed by atoms with E-state index in [1.165, 1.54) is 6.07 Å². The average molecular weight is 318 g/mol. The van der Waals surface area contributed by atoms with Crippen LogP contribution < -0.4 is 0 Å². The lowest BCUT2D eigenvalue weighted by molar-refractivity contribution is 0.0896. The molecule has 1 atom stereocenters. The van der Waals surface area contributed by atoms with E-state index in [4.69, 9.17) is 11.6 Å². The maximum atomic E-state index is 12.8. The summed E-state index contributed by atoms with van der Waals surface area (Å²) < 4.78 is 0. The van der Waals surface area contributed by atoms with Gasteiger partial charge < -0.3 is 10.0 Å². The normalized spacial score (nSPS) is 12.4. The molecular formula is C18H20ClNO2. The van der Waals surface area contributed by atoms with Gasteiger partial charge in [-0.05, 0) is 50.3 Å². The zero-order valence-corrected chi connectivity index (χ0v) is 13.5. The number of carbonyl (C=O) groups excluding carboxylic acids is 1. The molecule has 0 amide bonds. The molecule has 1 N–H and O–H groups in total. The second-order valence-electron chi connectivity index (χ2n) is 5.71. The molecule has 0 unspecified atom stereocenters. The summed E-state index contributed by atoms with van der Waals surface area (Å²) in [5.74, 6) is -0.0444. The Morgan fingerprint density at radius 1 is 1.18 bits per heavy atom. The van der Waals surface area contributed by atoms with Crippen LogP contribution in [0.25, 0.3) is 0 Å². The molecule has 0 saturated heterocycles. The largest absolute Gasteiger partial charge is 0.508 e. The van der Waals surface area contributed by atoms with E-state index in [2.05, 4.69) is 0 Å². The van der Waals surface area contributed by atoms with Gasteiger partial charge in [-0.25, -0.2) is 0 Å². The van der Waals surface area contributed by atoms with Crippen molar-refractivity contribution in [1.29, 1.82) is 0 Å². The molecule has 4 heteroatoms. The highest BCUT2D eigenvalue weighted by Crippen LogP contribution is 2.20. The summed E-state index contributed by atoms with van der Waals surface area (Å²) in [7, 11) is 3.89. The molecule has 0 aliphatic rings. The van der Waals surface area contributed by atoms with E-state index in [-0.39, 0.29) is 17.5 Å². The minimum absolute atomic E-state index is 0.0320. The summed E-state index contributed by atoms with van der Waals surface area (Å²) in [5.41, 5.74) is 1.57. The van der Waals surface area contributed by atoms with Gasteiger partial charge in [0.15, 0.2) is 5.78 Å². The van der Waals surface area contributed by atoms with Gasteiger partial charge >= 0.3 is 0 Å². The molecule has 0 fully saturated rings. The number of halogens is 1. The predicted molar refractivity (Wildman–Crippen MR) is 89.6 cm³/mol. The smallest absolute Gasteiger partial charge is 0.167 e. The van der Waals surface area contributed by atoms with Crippen molar-refractivity contribution in [2.45, 2.75) is 6.42 Å². The van der Waals surface area contributed by atoms with E-state index in [1.54, 1.807) is 18.2 Å². The minimum Gasteiger partial charge on any atom is -0.508 e. The number of carbonyl (C=O) groups is 1. The Kier molecular flexibility index (Phi) is 5.58. The molecule has 2 rings (SSSR count). The molecule has 0 aliphatic heterocycles. The molecular weight excluding hydrogens is 298 g/mol. The van der Waals surface area contributed by atoms with E-state index in [1.807, 2.05) is 43.3 Å². The van der Waals surface area contributed by atoms with Crippen LogP contribution in [0.2, 0.25) is 5.02 Å². The third-order valence-corrected chi connectivity index (χ3v) is 3.69. The van der Waals surface area contributed by atoms with Crippen LogP contribution in [0.5, 0.6) is 5.75 Å². The second kappa shape index (κ2) is 7.43. The van der Waals surface area contributed by atoms with Gasteiger partial charge in [0.05, 0.1) is 0 Å².